The fourth-order valence-electron chi connectivity index (χ4n) is 0.415. The standard InChI is InChI=1S/C6H12N.Al/c1-3-5-6-7-4-2;/h4H,2-3,5-6H2,1H3;. The summed E-state index contributed by atoms with van der Waals surface area (Å²) in [6.45, 7) is 3.18. The van der Waals surface area contributed by atoms with Crippen LogP contribution in [0.2, 0.25) is 5.28 Å². The first kappa shape index (κ1) is 8.20. The van der Waals surface area contributed by atoms with E-state index >= 15 is 0 Å². The third-order valence-electron chi connectivity index (χ3n) is 0.875. The molecule has 0 aliphatic carbocycles. The first-order valence-electron chi connectivity index (χ1n) is 3.10. The highest BCUT2D eigenvalue weighted by molar-refractivity contribution is 6.16. The molecular formula is C6H12AlN. The third kappa shape index (κ3) is 6.20. The summed E-state index contributed by atoms with van der Waals surface area (Å²) >= 11 is 2.62. The molecule has 0 aliphatic heterocycles. The van der Waals surface area contributed by atoms with Gasteiger partial charge in [-0.25, -0.2) is 0 Å². The van der Waals surface area contributed by atoms with E-state index in [1.54, 1.807) is 0 Å². The number of unbranched alkanes of at least 4 members (excludes halogenated alkanes) is 1. The highest BCUT2D eigenvalue weighted by Crippen LogP contribution is 1.85. The van der Waals surface area contributed by atoms with E-state index < -0.39 is 0 Å². The summed E-state index contributed by atoms with van der Waals surface area (Å²) in [5.41, 5.74) is 0. The van der Waals surface area contributed by atoms with Crippen molar-refractivity contribution in [2.75, 3.05) is 6.54 Å². The molecule has 8 heavy (non-hydrogen) atoms. The van der Waals surface area contributed by atoms with E-state index in [4.69, 9.17) is 0 Å². The van der Waals surface area contributed by atoms with Gasteiger partial charge in [-0.15, -0.1) is 0 Å². The number of hydrogen-bond donors (Lipinski definition) is 0. The molecule has 0 fully saturated rings. The van der Waals surface area contributed by atoms with Gasteiger partial charge in [-0.2, -0.15) is 0 Å². The number of nitrogens with zero attached hydrogens (tertiary/aromatic N) is 1. The van der Waals surface area contributed by atoms with E-state index in [0.717, 1.165) is 11.8 Å². The number of aliphatic imine (C=N–C) groups is 1. The number of hydrogen-bond acceptors (Lipinski definition) is 1. The molecule has 0 aliphatic rings. The Morgan fingerprint density at radius 2 is 2.38 bits per heavy atom. The minimum atomic E-state index is 0.990. The molecule has 0 bridgehead atoms. The Bertz CT molecular complexity index is 61.5. The third-order valence-corrected chi connectivity index (χ3v) is 1.09. The fourth-order valence-corrected chi connectivity index (χ4v) is 0.564. The van der Waals surface area contributed by atoms with Crippen LogP contribution in [-0.2, 0) is 0 Å². The Kier molecular flexibility index (Phi) is 7.38. The van der Waals surface area contributed by atoms with Gasteiger partial charge in [0, 0.05) is 6.54 Å². The lowest BCUT2D eigenvalue weighted by Gasteiger charge is -1.86. The Balaban J connectivity index is 2.80. The van der Waals surface area contributed by atoms with Crippen LogP contribution in [0.25, 0.3) is 0 Å². The van der Waals surface area contributed by atoms with Gasteiger partial charge in [0.2, 0.25) is 0 Å². The minimum Gasteiger partial charge on any atom is -0.299 e. The topological polar surface area (TPSA) is 12.4 Å². The summed E-state index contributed by atoms with van der Waals surface area (Å²) < 4.78 is 0. The molecule has 0 heterocycles. The van der Waals surface area contributed by atoms with Crippen LogP contribution in [0.4, 0.5) is 0 Å². The number of rotatable bonds is 4. The summed E-state index contributed by atoms with van der Waals surface area (Å²) in [4.78, 5) is 4.13. The molecule has 0 rings (SSSR count). The van der Waals surface area contributed by atoms with Gasteiger partial charge in [-0.05, 0) is 12.6 Å². The average Bonchev–Trinajstić information content (AvgIpc) is 1.81. The molecule has 0 amide bonds. The van der Waals surface area contributed by atoms with E-state index in [2.05, 4.69) is 28.2 Å². The normalized spacial score (nSPS) is 10.6. The van der Waals surface area contributed by atoms with Crippen molar-refractivity contribution >= 4 is 22.5 Å². The van der Waals surface area contributed by atoms with Crippen molar-refractivity contribution in [1.29, 1.82) is 0 Å². The van der Waals surface area contributed by atoms with Gasteiger partial charge >= 0.3 is 0 Å². The van der Waals surface area contributed by atoms with Crippen LogP contribution in [0.15, 0.2) is 4.99 Å². The molecule has 44 valence electrons. The Morgan fingerprint density at radius 3 is 2.88 bits per heavy atom. The van der Waals surface area contributed by atoms with Gasteiger partial charge in [0.15, 0.2) is 0 Å². The molecule has 0 aromatic heterocycles. The SMILES string of the molecule is CCCCN=C[CH2][Al]. The van der Waals surface area contributed by atoms with E-state index in [9.17, 15) is 0 Å². The van der Waals surface area contributed by atoms with E-state index in [1.165, 1.54) is 12.8 Å². The van der Waals surface area contributed by atoms with Crippen LogP contribution in [-0.4, -0.2) is 29.0 Å². The molecule has 0 aromatic carbocycles. The lowest BCUT2D eigenvalue weighted by atomic mass is 10.3. The van der Waals surface area contributed by atoms with Crippen molar-refractivity contribution in [3.63, 3.8) is 0 Å². The van der Waals surface area contributed by atoms with E-state index in [1.807, 2.05) is 6.21 Å². The zero-order valence-electron chi connectivity index (χ0n) is 5.43. The van der Waals surface area contributed by atoms with Gasteiger partial charge in [-0.3, -0.25) is 4.99 Å². The smallest absolute Gasteiger partial charge is 0.127 e. The minimum absolute atomic E-state index is 0.990. The van der Waals surface area contributed by atoms with Crippen molar-refractivity contribution in [3.05, 3.63) is 0 Å². The zero-order valence-corrected chi connectivity index (χ0v) is 6.59. The summed E-state index contributed by atoms with van der Waals surface area (Å²) in [5, 5.41) is 0.990. The van der Waals surface area contributed by atoms with Crippen molar-refractivity contribution in [2.24, 2.45) is 4.99 Å². The van der Waals surface area contributed by atoms with Crippen LogP contribution in [0.5, 0.6) is 0 Å². The molecule has 1 nitrogen and oxygen atoms in total. The summed E-state index contributed by atoms with van der Waals surface area (Å²) in [7, 11) is 0. The molecule has 0 saturated carbocycles. The van der Waals surface area contributed by atoms with E-state index in [0.29, 0.717) is 0 Å². The predicted octanol–water partition coefficient (Wildman–Crippen LogP) is 1.44. The van der Waals surface area contributed by atoms with Gasteiger partial charge in [0.1, 0.15) is 16.3 Å². The van der Waals surface area contributed by atoms with E-state index in [-0.39, 0.29) is 0 Å². The molecule has 0 N–H and O–H groups in total. The first-order chi connectivity index (χ1) is 3.91. The molecule has 0 atom stereocenters. The molecule has 0 unspecified atom stereocenters. The second-order valence-electron chi connectivity index (χ2n) is 1.68. The second-order valence-corrected chi connectivity index (χ2v) is 2.15. The summed E-state index contributed by atoms with van der Waals surface area (Å²) in [6, 6.07) is 0. The highest BCUT2D eigenvalue weighted by atomic mass is 27.0. The van der Waals surface area contributed by atoms with Crippen LogP contribution >= 0.6 is 0 Å². The molecule has 2 radical (unpaired) electrons. The maximum Gasteiger partial charge on any atom is 0.127 e. The monoisotopic (exact) mass is 125 g/mol. The maximum atomic E-state index is 4.13. The maximum absolute atomic E-state index is 4.13. The Hall–Kier alpha value is 0.202. The van der Waals surface area contributed by atoms with Crippen LogP contribution in [0.1, 0.15) is 19.8 Å². The first-order valence-corrected chi connectivity index (χ1v) is 3.91. The van der Waals surface area contributed by atoms with Crippen LogP contribution in [0, 0.1) is 0 Å². The van der Waals surface area contributed by atoms with Crippen molar-refractivity contribution < 1.29 is 0 Å². The van der Waals surface area contributed by atoms with Gasteiger partial charge in [0.25, 0.3) is 0 Å². The summed E-state index contributed by atoms with van der Waals surface area (Å²) in [5.74, 6) is 0. The van der Waals surface area contributed by atoms with Crippen molar-refractivity contribution in [2.45, 2.75) is 25.0 Å². The largest absolute Gasteiger partial charge is 0.299 e. The average molecular weight is 125 g/mol. The van der Waals surface area contributed by atoms with Gasteiger partial charge < -0.3 is 0 Å². The summed E-state index contributed by atoms with van der Waals surface area (Å²) in [6.07, 6.45) is 4.41. The molecule has 0 saturated heterocycles. The van der Waals surface area contributed by atoms with Gasteiger partial charge in [-0.1, -0.05) is 18.6 Å². The van der Waals surface area contributed by atoms with Crippen LogP contribution < -0.4 is 0 Å². The molecule has 0 spiro atoms. The molecule has 2 heteroatoms. The lowest BCUT2D eigenvalue weighted by molar-refractivity contribution is 0.810. The fraction of sp³-hybridized carbons (Fsp3) is 0.833. The van der Waals surface area contributed by atoms with Crippen molar-refractivity contribution in [3.8, 4) is 0 Å². The van der Waals surface area contributed by atoms with Gasteiger partial charge in [0.05, 0.1) is 0 Å². The van der Waals surface area contributed by atoms with Crippen LogP contribution in [0.3, 0.4) is 0 Å². The predicted molar refractivity (Wildman–Crippen MR) is 38.8 cm³/mol. The van der Waals surface area contributed by atoms with Crippen molar-refractivity contribution in [1.82, 2.24) is 0 Å². The highest BCUT2D eigenvalue weighted by Gasteiger charge is 1.74. The molecule has 0 aromatic rings. The Morgan fingerprint density at radius 1 is 1.62 bits per heavy atom. The quantitative estimate of drug-likeness (QED) is 0.306. The zero-order chi connectivity index (χ0) is 6.24. The second kappa shape index (κ2) is 7.20. The molecular weight excluding hydrogens is 113 g/mol. The lowest BCUT2D eigenvalue weighted by Crippen LogP contribution is -1.79. The Labute approximate surface area is 59.6 Å².